The molecule has 2 aromatic rings. The van der Waals surface area contributed by atoms with E-state index >= 15 is 0 Å². The first-order chi connectivity index (χ1) is 14.9. The molecule has 0 unspecified atom stereocenters. The maximum atomic E-state index is 13.2. The molecule has 2 amide bonds. The van der Waals surface area contributed by atoms with Crippen LogP contribution in [0.3, 0.4) is 0 Å². The van der Waals surface area contributed by atoms with Crippen molar-refractivity contribution in [2.75, 3.05) is 10.2 Å². The van der Waals surface area contributed by atoms with Crippen LogP contribution < -0.4 is 14.9 Å². The Kier molecular flexibility index (Phi) is 6.76. The van der Waals surface area contributed by atoms with Crippen LogP contribution in [0.1, 0.15) is 44.4 Å². The summed E-state index contributed by atoms with van der Waals surface area (Å²) >= 11 is 0. The number of hydrogen-bond donors (Lipinski definition) is 2. The molecule has 3 rings (SSSR count). The number of anilines is 2. The molecule has 1 heterocycles. The molecular weight excluding hydrogens is 426 g/mol. The second-order valence-electron chi connectivity index (χ2n) is 8.81. The molecule has 1 aliphatic rings. The van der Waals surface area contributed by atoms with Crippen molar-refractivity contribution in [2.24, 2.45) is 5.92 Å². The van der Waals surface area contributed by atoms with Crippen LogP contribution in [-0.2, 0) is 26.0 Å². The van der Waals surface area contributed by atoms with Gasteiger partial charge in [-0.1, -0.05) is 26.0 Å². The monoisotopic (exact) mass is 457 g/mol. The zero-order chi connectivity index (χ0) is 23.8. The van der Waals surface area contributed by atoms with E-state index in [1.165, 1.54) is 13.0 Å². The van der Waals surface area contributed by atoms with Crippen molar-refractivity contribution in [1.82, 2.24) is 4.72 Å². The molecule has 7 nitrogen and oxygen atoms in total. The first-order valence-electron chi connectivity index (χ1n) is 10.7. The van der Waals surface area contributed by atoms with E-state index in [-0.39, 0.29) is 22.8 Å². The number of carbonyl (C=O) groups is 2. The Balaban J connectivity index is 1.85. The van der Waals surface area contributed by atoms with Crippen molar-refractivity contribution in [1.29, 1.82) is 0 Å². The molecular formula is C24H31N3O4S. The fraction of sp³-hybridized carbons (Fsp3) is 0.417. The van der Waals surface area contributed by atoms with Crippen molar-refractivity contribution in [2.45, 2.75) is 64.9 Å². The lowest BCUT2D eigenvalue weighted by molar-refractivity contribution is -0.118. The zero-order valence-corrected chi connectivity index (χ0v) is 20.2. The Labute approximate surface area is 190 Å². The summed E-state index contributed by atoms with van der Waals surface area (Å²) in [7, 11) is -3.95. The maximum absolute atomic E-state index is 13.2. The predicted octanol–water partition coefficient (Wildman–Crippen LogP) is 3.54. The number of fused-ring (bicyclic) bond motifs is 1. The largest absolute Gasteiger partial charge is 0.324 e. The molecule has 0 spiro atoms. The minimum Gasteiger partial charge on any atom is -0.324 e. The normalized spacial score (nSPS) is 16.7. The SMILES string of the molecule is CC(=O)N1c2ccc(S(=O)(=O)N[C@@H](C(=O)Nc3cccc(C)c3C)C(C)C)cc2C[C@@H]1C. The molecule has 0 aromatic heterocycles. The molecule has 2 atom stereocenters. The Morgan fingerprint density at radius 2 is 1.81 bits per heavy atom. The Morgan fingerprint density at radius 1 is 1.12 bits per heavy atom. The second-order valence-corrected chi connectivity index (χ2v) is 10.5. The van der Waals surface area contributed by atoms with Crippen LogP contribution in [0.4, 0.5) is 11.4 Å². The van der Waals surface area contributed by atoms with Gasteiger partial charge in [0.05, 0.1) is 4.90 Å². The third-order valence-electron chi connectivity index (χ3n) is 6.01. The zero-order valence-electron chi connectivity index (χ0n) is 19.4. The van der Waals surface area contributed by atoms with Crippen LogP contribution >= 0.6 is 0 Å². The summed E-state index contributed by atoms with van der Waals surface area (Å²) in [5.41, 5.74) is 4.18. The third-order valence-corrected chi connectivity index (χ3v) is 7.45. The van der Waals surface area contributed by atoms with E-state index in [1.807, 2.05) is 32.9 Å². The van der Waals surface area contributed by atoms with E-state index in [9.17, 15) is 18.0 Å². The number of nitrogens with one attached hydrogen (secondary N) is 2. The van der Waals surface area contributed by atoms with Gasteiger partial charge >= 0.3 is 0 Å². The van der Waals surface area contributed by atoms with E-state index in [2.05, 4.69) is 10.0 Å². The minimum absolute atomic E-state index is 0.0276. The first kappa shape index (κ1) is 23.9. The third kappa shape index (κ3) is 4.71. The van der Waals surface area contributed by atoms with E-state index in [0.717, 1.165) is 22.4 Å². The van der Waals surface area contributed by atoms with Gasteiger partial charge in [-0.3, -0.25) is 9.59 Å². The number of benzene rings is 2. The van der Waals surface area contributed by atoms with Crippen molar-refractivity contribution >= 4 is 33.2 Å². The number of aryl methyl sites for hydroxylation is 1. The van der Waals surface area contributed by atoms with Crippen molar-refractivity contribution < 1.29 is 18.0 Å². The smallest absolute Gasteiger partial charge is 0.242 e. The average molecular weight is 458 g/mol. The maximum Gasteiger partial charge on any atom is 0.242 e. The summed E-state index contributed by atoms with van der Waals surface area (Å²) in [6.45, 7) is 10.9. The Bertz CT molecular complexity index is 1160. The highest BCUT2D eigenvalue weighted by Gasteiger charge is 2.32. The van der Waals surface area contributed by atoms with Gasteiger partial charge in [-0.05, 0) is 74.1 Å². The molecule has 1 aliphatic heterocycles. The van der Waals surface area contributed by atoms with Crippen LogP contribution in [-0.4, -0.2) is 32.3 Å². The van der Waals surface area contributed by atoms with Gasteiger partial charge in [-0.15, -0.1) is 0 Å². The van der Waals surface area contributed by atoms with Gasteiger partial charge in [-0.2, -0.15) is 4.72 Å². The number of rotatable bonds is 6. The summed E-state index contributed by atoms with van der Waals surface area (Å²) in [4.78, 5) is 26.7. The highest BCUT2D eigenvalue weighted by molar-refractivity contribution is 7.89. The molecule has 32 heavy (non-hydrogen) atoms. The first-order valence-corrected chi connectivity index (χ1v) is 12.2. The number of carbonyl (C=O) groups excluding carboxylic acids is 2. The molecule has 8 heteroatoms. The average Bonchev–Trinajstić information content (AvgIpc) is 3.04. The van der Waals surface area contributed by atoms with Crippen molar-refractivity contribution in [3.63, 3.8) is 0 Å². The van der Waals surface area contributed by atoms with E-state index < -0.39 is 22.0 Å². The summed E-state index contributed by atoms with van der Waals surface area (Å²) < 4.78 is 28.9. The molecule has 0 saturated heterocycles. The molecule has 2 N–H and O–H groups in total. The van der Waals surface area contributed by atoms with Crippen LogP contribution in [0.15, 0.2) is 41.3 Å². The van der Waals surface area contributed by atoms with E-state index in [0.29, 0.717) is 12.1 Å². The van der Waals surface area contributed by atoms with Gasteiger partial charge in [0.25, 0.3) is 0 Å². The van der Waals surface area contributed by atoms with Crippen LogP contribution in [0.2, 0.25) is 0 Å². The second kappa shape index (κ2) is 9.03. The van der Waals surface area contributed by atoms with E-state index in [1.54, 1.807) is 36.9 Å². The molecule has 2 aromatic carbocycles. The standard InChI is InChI=1S/C24H31N3O4S/c1-14(2)23(24(29)25-21-9-7-8-15(3)17(21)5)26-32(30,31)20-10-11-22-19(13-20)12-16(4)27(22)18(6)28/h7-11,13-14,16,23,26H,12H2,1-6H3,(H,25,29)/t16-,23+/m0/s1. The molecule has 0 radical (unpaired) electrons. The Hall–Kier alpha value is -2.71. The molecule has 0 saturated carbocycles. The fourth-order valence-corrected chi connectivity index (χ4v) is 5.47. The van der Waals surface area contributed by atoms with Gasteiger partial charge in [0, 0.05) is 24.3 Å². The van der Waals surface area contributed by atoms with Crippen LogP contribution in [0.5, 0.6) is 0 Å². The highest BCUT2D eigenvalue weighted by atomic mass is 32.2. The Morgan fingerprint density at radius 3 is 2.44 bits per heavy atom. The molecule has 0 aliphatic carbocycles. The molecule has 0 bridgehead atoms. The highest BCUT2D eigenvalue weighted by Crippen LogP contribution is 2.34. The lowest BCUT2D eigenvalue weighted by Crippen LogP contribution is -2.47. The van der Waals surface area contributed by atoms with Gasteiger partial charge in [0.1, 0.15) is 6.04 Å². The number of nitrogens with zero attached hydrogens (tertiary/aromatic N) is 1. The van der Waals surface area contributed by atoms with Gasteiger partial charge in [0.2, 0.25) is 21.8 Å². The minimum atomic E-state index is -3.95. The summed E-state index contributed by atoms with van der Waals surface area (Å²) in [5.74, 6) is -0.750. The lowest BCUT2D eigenvalue weighted by atomic mass is 10.0. The lowest BCUT2D eigenvalue weighted by Gasteiger charge is -2.23. The summed E-state index contributed by atoms with van der Waals surface area (Å²) in [5, 5.41) is 2.86. The molecule has 172 valence electrons. The number of amides is 2. The van der Waals surface area contributed by atoms with Gasteiger partial charge in [0.15, 0.2) is 0 Å². The van der Waals surface area contributed by atoms with Gasteiger partial charge < -0.3 is 10.2 Å². The summed E-state index contributed by atoms with van der Waals surface area (Å²) in [6.07, 6.45) is 0.582. The quantitative estimate of drug-likeness (QED) is 0.694. The van der Waals surface area contributed by atoms with Crippen LogP contribution in [0, 0.1) is 19.8 Å². The number of hydrogen-bond acceptors (Lipinski definition) is 4. The van der Waals surface area contributed by atoms with Crippen molar-refractivity contribution in [3.05, 3.63) is 53.1 Å². The summed E-state index contributed by atoms with van der Waals surface area (Å²) in [6, 6.07) is 9.37. The van der Waals surface area contributed by atoms with E-state index in [4.69, 9.17) is 0 Å². The van der Waals surface area contributed by atoms with Crippen LogP contribution in [0.25, 0.3) is 0 Å². The predicted molar refractivity (Wildman–Crippen MR) is 126 cm³/mol. The van der Waals surface area contributed by atoms with Crippen molar-refractivity contribution in [3.8, 4) is 0 Å². The topological polar surface area (TPSA) is 95.6 Å². The fourth-order valence-electron chi connectivity index (χ4n) is 4.08. The number of sulfonamides is 1. The van der Waals surface area contributed by atoms with Gasteiger partial charge in [-0.25, -0.2) is 8.42 Å². The molecule has 0 fully saturated rings.